The van der Waals surface area contributed by atoms with Gasteiger partial charge in [-0.15, -0.1) is 11.3 Å². The fourth-order valence-electron chi connectivity index (χ4n) is 2.13. The molecule has 0 aliphatic heterocycles. The Balaban J connectivity index is 1.89. The van der Waals surface area contributed by atoms with Crippen LogP contribution in [0, 0.1) is 0 Å². The summed E-state index contributed by atoms with van der Waals surface area (Å²) in [6.45, 7) is 0. The van der Waals surface area contributed by atoms with E-state index in [0.717, 1.165) is 10.4 Å². The van der Waals surface area contributed by atoms with Crippen LogP contribution in [0.25, 0.3) is 11.3 Å². The molecule has 23 heavy (non-hydrogen) atoms. The number of anilines is 1. The molecule has 0 spiro atoms. The number of esters is 1. The first kappa shape index (κ1) is 15.6. The molecule has 1 fully saturated rings. The van der Waals surface area contributed by atoms with E-state index in [0.29, 0.717) is 23.7 Å². The van der Waals surface area contributed by atoms with Crippen molar-refractivity contribution >= 4 is 28.3 Å². The van der Waals surface area contributed by atoms with Gasteiger partial charge in [-0.3, -0.25) is 9.59 Å². The van der Waals surface area contributed by atoms with E-state index in [1.807, 2.05) is 30.3 Å². The Labute approximate surface area is 137 Å². The normalized spacial score (nSPS) is 15.0. The highest BCUT2D eigenvalue weighted by Crippen LogP contribution is 2.36. The van der Waals surface area contributed by atoms with Gasteiger partial charge in [-0.1, -0.05) is 30.3 Å². The molecule has 1 aromatic carbocycles. The monoisotopic (exact) mass is 331 g/mol. The second-order valence-corrected chi connectivity index (χ2v) is 6.60. The summed E-state index contributed by atoms with van der Waals surface area (Å²) < 4.78 is 4.73. The highest BCUT2D eigenvalue weighted by molar-refractivity contribution is 7.16. The summed E-state index contributed by atoms with van der Waals surface area (Å²) in [5.74, 6) is -0.573. The summed E-state index contributed by atoms with van der Waals surface area (Å²) >= 11 is 1.27. The number of carbonyl (C=O) groups is 2. The average Bonchev–Trinajstić information content (AvgIpc) is 3.19. The van der Waals surface area contributed by atoms with Crippen molar-refractivity contribution in [1.29, 1.82) is 0 Å². The molecule has 2 aromatic rings. The molecule has 0 bridgehead atoms. The first-order valence-electron chi connectivity index (χ1n) is 7.24. The van der Waals surface area contributed by atoms with Crippen molar-refractivity contribution in [3.8, 4) is 11.3 Å². The molecule has 3 N–H and O–H groups in total. The molecule has 1 saturated carbocycles. The molecule has 0 radical (unpaired) electrons. The van der Waals surface area contributed by atoms with E-state index in [9.17, 15) is 9.59 Å². The first-order valence-corrected chi connectivity index (χ1v) is 8.06. The summed E-state index contributed by atoms with van der Waals surface area (Å²) in [7, 11) is 1.35. The number of hydrogen-bond acceptors (Lipinski definition) is 6. The van der Waals surface area contributed by atoms with Crippen molar-refractivity contribution in [2.75, 3.05) is 12.4 Å². The molecule has 1 aliphatic rings. The summed E-state index contributed by atoms with van der Waals surface area (Å²) in [5.41, 5.74) is 6.69. The summed E-state index contributed by atoms with van der Waals surface area (Å²) in [6, 6.07) is 9.52. The van der Waals surface area contributed by atoms with Gasteiger partial charge in [-0.05, 0) is 12.8 Å². The molecule has 7 heteroatoms. The molecule has 6 nitrogen and oxygen atoms in total. The smallest absolute Gasteiger partial charge is 0.310 e. The van der Waals surface area contributed by atoms with Gasteiger partial charge >= 0.3 is 5.97 Å². The van der Waals surface area contributed by atoms with Crippen molar-refractivity contribution in [1.82, 2.24) is 4.98 Å². The van der Waals surface area contributed by atoms with Gasteiger partial charge < -0.3 is 15.8 Å². The molecule has 1 amide bonds. The van der Waals surface area contributed by atoms with Crippen molar-refractivity contribution < 1.29 is 14.3 Å². The fraction of sp³-hybridized carbons (Fsp3) is 0.312. The number of carbonyl (C=O) groups excluding carboxylic acids is 2. The standard InChI is InChI=1S/C16H17N3O3S/c1-22-12(20)9-11-13(10-5-3-2-4-6-10)18-15(23-11)19-14(21)16(17)7-8-16/h2-6H,7-9,17H2,1H3,(H,18,19,21). The SMILES string of the molecule is COC(=O)Cc1sc(NC(=O)C2(N)CC2)nc1-c1ccccc1. The van der Waals surface area contributed by atoms with Crippen molar-refractivity contribution in [3.05, 3.63) is 35.2 Å². The predicted octanol–water partition coefficient (Wildman–Crippen LogP) is 1.96. The number of nitrogens with one attached hydrogen (secondary N) is 1. The summed E-state index contributed by atoms with van der Waals surface area (Å²) in [6.07, 6.45) is 1.48. The Morgan fingerprint density at radius 1 is 1.35 bits per heavy atom. The molecule has 1 aromatic heterocycles. The zero-order chi connectivity index (χ0) is 16.4. The second-order valence-electron chi connectivity index (χ2n) is 5.52. The topological polar surface area (TPSA) is 94.3 Å². The van der Waals surface area contributed by atoms with Gasteiger partial charge in [0.05, 0.1) is 24.8 Å². The minimum Gasteiger partial charge on any atom is -0.469 e. The Morgan fingerprint density at radius 2 is 2.04 bits per heavy atom. The number of methoxy groups -OCH3 is 1. The van der Waals surface area contributed by atoms with Gasteiger partial charge in [-0.2, -0.15) is 0 Å². The second kappa shape index (κ2) is 6.10. The number of rotatable bonds is 5. The van der Waals surface area contributed by atoms with E-state index in [1.54, 1.807) is 0 Å². The minimum atomic E-state index is -0.763. The van der Waals surface area contributed by atoms with E-state index in [2.05, 4.69) is 10.3 Å². The lowest BCUT2D eigenvalue weighted by atomic mass is 10.1. The van der Waals surface area contributed by atoms with Crippen LogP contribution in [0.4, 0.5) is 5.13 Å². The zero-order valence-electron chi connectivity index (χ0n) is 12.7. The van der Waals surface area contributed by atoms with E-state index in [4.69, 9.17) is 10.5 Å². The number of hydrogen-bond donors (Lipinski definition) is 2. The zero-order valence-corrected chi connectivity index (χ0v) is 13.5. The summed E-state index contributed by atoms with van der Waals surface area (Å²) in [4.78, 5) is 28.9. The van der Waals surface area contributed by atoms with Gasteiger partial charge in [0.25, 0.3) is 0 Å². The lowest BCUT2D eigenvalue weighted by Crippen LogP contribution is -2.37. The molecule has 120 valence electrons. The first-order chi connectivity index (χ1) is 11.0. The van der Waals surface area contributed by atoms with Crippen LogP contribution in [0.3, 0.4) is 0 Å². The lowest BCUT2D eigenvalue weighted by Gasteiger charge is -2.06. The van der Waals surface area contributed by atoms with Crippen LogP contribution in [-0.2, 0) is 20.7 Å². The highest BCUT2D eigenvalue weighted by atomic mass is 32.1. The Morgan fingerprint density at radius 3 is 2.65 bits per heavy atom. The van der Waals surface area contributed by atoms with E-state index in [1.165, 1.54) is 18.4 Å². The van der Waals surface area contributed by atoms with Crippen LogP contribution in [0.2, 0.25) is 0 Å². The van der Waals surface area contributed by atoms with Crippen LogP contribution in [0.15, 0.2) is 30.3 Å². The molecule has 0 atom stereocenters. The van der Waals surface area contributed by atoms with Crippen molar-refractivity contribution in [3.63, 3.8) is 0 Å². The molecule has 0 unspecified atom stereocenters. The van der Waals surface area contributed by atoms with Gasteiger partial charge in [0.1, 0.15) is 0 Å². The number of ether oxygens (including phenoxy) is 1. The third-order valence-electron chi connectivity index (χ3n) is 3.74. The molecule has 3 rings (SSSR count). The van der Waals surface area contributed by atoms with Crippen LogP contribution >= 0.6 is 11.3 Å². The molecular weight excluding hydrogens is 314 g/mol. The van der Waals surface area contributed by atoms with Gasteiger partial charge in [0, 0.05) is 10.4 Å². The van der Waals surface area contributed by atoms with Gasteiger partial charge in [0.15, 0.2) is 5.13 Å². The number of thiazole rings is 1. The van der Waals surface area contributed by atoms with Crippen LogP contribution in [0.5, 0.6) is 0 Å². The van der Waals surface area contributed by atoms with E-state index >= 15 is 0 Å². The van der Waals surface area contributed by atoms with Gasteiger partial charge in [-0.25, -0.2) is 4.98 Å². The summed E-state index contributed by atoms with van der Waals surface area (Å²) in [5, 5.41) is 3.21. The maximum atomic E-state index is 12.1. The third kappa shape index (κ3) is 3.40. The number of amides is 1. The van der Waals surface area contributed by atoms with Crippen molar-refractivity contribution in [2.24, 2.45) is 5.73 Å². The Bertz CT molecular complexity index is 738. The third-order valence-corrected chi connectivity index (χ3v) is 4.71. The van der Waals surface area contributed by atoms with E-state index in [-0.39, 0.29) is 18.3 Å². The van der Waals surface area contributed by atoms with Crippen LogP contribution in [0.1, 0.15) is 17.7 Å². The van der Waals surface area contributed by atoms with Crippen molar-refractivity contribution in [2.45, 2.75) is 24.8 Å². The fourth-order valence-corrected chi connectivity index (χ4v) is 3.10. The molecule has 1 heterocycles. The number of aromatic nitrogens is 1. The minimum absolute atomic E-state index is 0.113. The number of nitrogens with two attached hydrogens (primary N) is 1. The highest BCUT2D eigenvalue weighted by Gasteiger charge is 2.46. The Kier molecular flexibility index (Phi) is 4.14. The molecule has 1 aliphatic carbocycles. The number of benzene rings is 1. The largest absolute Gasteiger partial charge is 0.469 e. The lowest BCUT2D eigenvalue weighted by molar-refractivity contribution is -0.139. The molecule has 0 saturated heterocycles. The number of nitrogens with zero attached hydrogens (tertiary/aromatic N) is 1. The van der Waals surface area contributed by atoms with Gasteiger partial charge in [0.2, 0.25) is 5.91 Å². The maximum Gasteiger partial charge on any atom is 0.310 e. The van der Waals surface area contributed by atoms with Crippen LogP contribution in [-0.4, -0.2) is 29.5 Å². The molecular formula is C16H17N3O3S. The predicted molar refractivity (Wildman–Crippen MR) is 88.1 cm³/mol. The quantitative estimate of drug-likeness (QED) is 0.817. The maximum absolute atomic E-state index is 12.1. The Hall–Kier alpha value is -2.25. The van der Waals surface area contributed by atoms with E-state index < -0.39 is 5.54 Å². The average molecular weight is 331 g/mol. The van der Waals surface area contributed by atoms with Crippen LogP contribution < -0.4 is 11.1 Å².